The first-order valence-corrected chi connectivity index (χ1v) is 43.6. The molecule has 3 rings (SSSR count). The van der Waals surface area contributed by atoms with Gasteiger partial charge in [0.2, 0.25) is 35.4 Å². The van der Waals surface area contributed by atoms with Gasteiger partial charge in [-0.25, -0.2) is 0 Å². The average molecular weight is 1700 g/mol. The van der Waals surface area contributed by atoms with E-state index >= 15 is 0 Å². The van der Waals surface area contributed by atoms with Crippen molar-refractivity contribution in [3.8, 4) is 0 Å². The Morgan fingerprint density at radius 2 is 0.752 bits per heavy atom. The van der Waals surface area contributed by atoms with Crippen LogP contribution < -0.4 is 31.9 Å². The molecular weight excluding hydrogens is 1560 g/mol. The van der Waals surface area contributed by atoms with Crippen LogP contribution in [0.1, 0.15) is 241 Å². The average Bonchev–Trinajstić information content (AvgIpc) is 0.820. The molecule has 3 aliphatic heterocycles. The standard InChI is InChI=1S/C58H105N6O24P.C21H38O7/c1-39(2)89(80,81)86-31-13-6-5-12-26-59-47(73)22-16-23-49(75)64-58(36-67,37-82-32-24-43(71)19-9-7-8-18-42(70)20-10-14-29-84-56-50(62-40(3)68)54(78)52(76)44(34-65)87-56)38-83-33-25-48(74)61-28-17-27-60-46(72)21-11-15-30-85-57-51(63-41(4)69)55(79)53(77)45(35-66)88-57;1-3-9-16(23)10-5-4-6-11-17(24)12-7-8-13-27-21-15(2)19(25)20(26)18(14-22)28-21/h39,44-45,50-57,65-67,76-79H,5-38H2,1-4H3,(H,59,73)(H,60,72)(H,61,74)(H,62,68)(H,63,69)(H,64,75)(H,80,81);15,18-22,25-26H,3-14H2,1-2H3/t44?,45?,50?,51?,52-,53-,54+,55+,56+,57+,58?;15?,18?,19-,20+,21-/m01/s1. The number of Topliss-reactive ketones (excluding diaryl/α,β-unsaturated/α-hetero) is 4. The molecule has 3 aliphatic rings. The molecule has 0 aromatic carbocycles. The van der Waals surface area contributed by atoms with Gasteiger partial charge in [0.15, 0.2) is 18.9 Å². The first-order chi connectivity index (χ1) is 55.8. The third kappa shape index (κ3) is 46.7. The number of unbranched alkanes of at least 4 members (excludes halogenated alkanes) is 10. The fourth-order valence-electron chi connectivity index (χ4n) is 12.8. The molecule has 0 saturated carbocycles. The molecule has 0 bridgehead atoms. The van der Waals surface area contributed by atoms with Crippen molar-refractivity contribution in [1.82, 2.24) is 31.9 Å². The Balaban J connectivity index is 0.00000139. The summed E-state index contributed by atoms with van der Waals surface area (Å²) in [4.78, 5) is 133. The van der Waals surface area contributed by atoms with Crippen molar-refractivity contribution in [2.75, 3.05) is 98.9 Å². The number of amides is 6. The highest BCUT2D eigenvalue weighted by Gasteiger charge is 2.47. The van der Waals surface area contributed by atoms with Crippen molar-refractivity contribution >= 4 is 66.2 Å². The Kier molecular flexibility index (Phi) is 58.1. The van der Waals surface area contributed by atoms with Crippen LogP contribution in [-0.4, -0.2) is 311 Å². The van der Waals surface area contributed by atoms with Crippen LogP contribution in [0.2, 0.25) is 0 Å². The van der Waals surface area contributed by atoms with Crippen LogP contribution >= 0.6 is 7.60 Å². The first kappa shape index (κ1) is 108. The molecule has 3 fully saturated rings. The van der Waals surface area contributed by atoms with Gasteiger partial charge in [-0.1, -0.05) is 53.4 Å². The van der Waals surface area contributed by atoms with Gasteiger partial charge in [0.05, 0.1) is 71.2 Å². The third-order valence-electron chi connectivity index (χ3n) is 20.0. The number of carbonyl (C=O) groups excluding carboxylic acids is 10. The lowest BCUT2D eigenvalue weighted by Gasteiger charge is -2.42. The van der Waals surface area contributed by atoms with Crippen LogP contribution in [-0.2, 0) is 94.9 Å². The Morgan fingerprint density at radius 3 is 1.19 bits per heavy atom. The maximum absolute atomic E-state index is 13.2. The van der Waals surface area contributed by atoms with E-state index in [9.17, 15) is 108 Å². The quantitative estimate of drug-likeness (QED) is 0.0301. The van der Waals surface area contributed by atoms with E-state index in [0.717, 1.165) is 44.9 Å². The monoisotopic (exact) mass is 1700 g/mol. The summed E-state index contributed by atoms with van der Waals surface area (Å²) in [5.74, 6) is -2.18. The van der Waals surface area contributed by atoms with Gasteiger partial charge in [0, 0.05) is 136 Å². The number of carbonyl (C=O) groups is 10. The van der Waals surface area contributed by atoms with Gasteiger partial charge in [0.1, 0.15) is 89.6 Å². The van der Waals surface area contributed by atoms with Gasteiger partial charge >= 0.3 is 7.60 Å². The van der Waals surface area contributed by atoms with Crippen LogP contribution in [0.3, 0.4) is 0 Å². The molecule has 0 aromatic heterocycles. The van der Waals surface area contributed by atoms with E-state index in [1.165, 1.54) is 13.8 Å². The van der Waals surface area contributed by atoms with Crippen molar-refractivity contribution in [1.29, 1.82) is 0 Å². The van der Waals surface area contributed by atoms with E-state index in [2.05, 4.69) is 31.9 Å². The normalized spacial score (nSPS) is 24.2. The minimum Gasteiger partial charge on any atom is -0.394 e. The predicted octanol–water partition coefficient (Wildman–Crippen LogP) is 1.21. The number of ether oxygens (including phenoxy) is 8. The number of hydrogen-bond donors (Lipinski definition) is 17. The first-order valence-electron chi connectivity index (χ1n) is 42.0. The second-order valence-electron chi connectivity index (χ2n) is 30.7. The summed E-state index contributed by atoms with van der Waals surface area (Å²) in [6.07, 6.45) is 1.41. The second-order valence-corrected chi connectivity index (χ2v) is 33.1. The summed E-state index contributed by atoms with van der Waals surface area (Å²) in [6.45, 7) is 8.33. The summed E-state index contributed by atoms with van der Waals surface area (Å²) in [5.41, 5.74) is -1.96. The summed E-state index contributed by atoms with van der Waals surface area (Å²) in [7, 11) is -3.61. The molecule has 8 unspecified atom stereocenters. The fourth-order valence-corrected chi connectivity index (χ4v) is 13.4. The molecule has 0 radical (unpaired) electrons. The number of aliphatic hydroxyl groups excluding tert-OH is 10. The SMILES string of the molecule is CC(=O)NC1[C@H](OCCCCC(=O)CCCCCC(=O)CCOCC(CO)(COCCC(=O)NCCCNC(=O)CCCCO[C@@H]2OC(CO)[C@H](O)[C@H](O)C2NC(C)=O)NC(=O)CCCC(=O)NCCCCCCOP(=O)(O)C(C)C)OC(CO)[C@H](O)[C@@H]1O.CCCC(=O)CCCCCC(=O)CCCCO[C@@H]1OC(CO)[C@H](O)[C@H](O)C1C. The van der Waals surface area contributed by atoms with Gasteiger partial charge in [-0.15, -0.1) is 0 Å². The lowest BCUT2D eigenvalue weighted by molar-refractivity contribution is -0.282. The minimum absolute atomic E-state index is 0.0379. The Morgan fingerprint density at radius 1 is 0.402 bits per heavy atom. The lowest BCUT2D eigenvalue weighted by atomic mass is 9.92. The van der Waals surface area contributed by atoms with E-state index < -0.39 is 148 Å². The maximum atomic E-state index is 13.2. The third-order valence-corrected chi connectivity index (χ3v) is 21.8. The van der Waals surface area contributed by atoms with Crippen LogP contribution in [0.4, 0.5) is 0 Å². The molecule has 3 heterocycles. The molecular formula is C79H143N6O31P. The zero-order chi connectivity index (χ0) is 87.1. The summed E-state index contributed by atoms with van der Waals surface area (Å²) >= 11 is 0. The van der Waals surface area contributed by atoms with E-state index in [1.54, 1.807) is 20.8 Å². The molecule has 38 heteroatoms. The second kappa shape index (κ2) is 62.9. The van der Waals surface area contributed by atoms with Crippen molar-refractivity contribution < 1.29 is 151 Å². The molecule has 0 aliphatic carbocycles. The highest BCUT2D eigenvalue weighted by Crippen LogP contribution is 2.47. The molecule has 680 valence electrons. The maximum Gasteiger partial charge on any atom is 0.330 e. The zero-order valence-electron chi connectivity index (χ0n) is 69.8. The molecule has 17 N–H and O–H groups in total. The zero-order valence-corrected chi connectivity index (χ0v) is 70.7. The van der Waals surface area contributed by atoms with E-state index in [-0.39, 0.29) is 146 Å². The number of nitrogens with one attached hydrogen (secondary N) is 6. The molecule has 3 saturated heterocycles. The van der Waals surface area contributed by atoms with E-state index in [4.69, 9.17) is 42.4 Å². The Labute approximate surface area is 688 Å². The smallest absolute Gasteiger partial charge is 0.330 e. The largest absolute Gasteiger partial charge is 0.394 e. The van der Waals surface area contributed by atoms with E-state index in [0.29, 0.717) is 128 Å². The van der Waals surface area contributed by atoms with Crippen molar-refractivity contribution in [3.05, 3.63) is 0 Å². The molecule has 37 nitrogen and oxygen atoms in total. The lowest BCUT2D eigenvalue weighted by Crippen LogP contribution is -2.64. The van der Waals surface area contributed by atoms with Crippen LogP contribution in [0.5, 0.6) is 0 Å². The molecule has 0 spiro atoms. The molecule has 17 atom stereocenters. The van der Waals surface area contributed by atoms with E-state index in [1.807, 2.05) is 6.92 Å². The van der Waals surface area contributed by atoms with Crippen molar-refractivity contribution in [2.45, 2.75) is 338 Å². The highest BCUT2D eigenvalue weighted by atomic mass is 31.2. The minimum atomic E-state index is -3.61. The van der Waals surface area contributed by atoms with Gasteiger partial charge in [-0.2, -0.15) is 0 Å². The molecule has 117 heavy (non-hydrogen) atoms. The topological polar surface area (TPSA) is 566 Å². The summed E-state index contributed by atoms with van der Waals surface area (Å²) in [6, 6.07) is -2.13. The Bertz CT molecular complexity index is 2770. The van der Waals surface area contributed by atoms with Crippen LogP contribution in [0, 0.1) is 5.92 Å². The molecule has 0 aromatic rings. The van der Waals surface area contributed by atoms with Crippen LogP contribution in [0.25, 0.3) is 0 Å². The van der Waals surface area contributed by atoms with Gasteiger partial charge in [-0.3, -0.25) is 52.5 Å². The van der Waals surface area contributed by atoms with Crippen molar-refractivity contribution in [2.24, 2.45) is 5.92 Å². The highest BCUT2D eigenvalue weighted by molar-refractivity contribution is 7.53. The van der Waals surface area contributed by atoms with Crippen LogP contribution in [0.15, 0.2) is 0 Å². The number of ketones is 4. The number of rotatable bonds is 66. The number of aliphatic hydroxyl groups is 10. The fraction of sp³-hybridized carbons (Fsp3) is 0.873. The predicted molar refractivity (Wildman–Crippen MR) is 424 cm³/mol. The van der Waals surface area contributed by atoms with Crippen molar-refractivity contribution in [3.63, 3.8) is 0 Å². The summed E-state index contributed by atoms with van der Waals surface area (Å²) in [5, 5.41) is 116. The van der Waals surface area contributed by atoms with Gasteiger partial charge in [-0.05, 0) is 96.3 Å². The molecule has 6 amide bonds. The van der Waals surface area contributed by atoms with Gasteiger partial charge < -0.3 is 130 Å². The summed E-state index contributed by atoms with van der Waals surface area (Å²) < 4.78 is 62.2. The Hall–Kier alpha value is -5.07. The van der Waals surface area contributed by atoms with Gasteiger partial charge in [0.25, 0.3) is 0 Å². The number of hydrogen-bond acceptors (Lipinski definition) is 30.